The van der Waals surface area contributed by atoms with E-state index in [0.29, 0.717) is 0 Å². The van der Waals surface area contributed by atoms with Gasteiger partial charge in [0.05, 0.1) is 10.6 Å². The van der Waals surface area contributed by atoms with Gasteiger partial charge in [-0.2, -0.15) is 0 Å². The third-order valence-electron chi connectivity index (χ3n) is 4.14. The monoisotopic (exact) mass is 439 g/mol. The Hall–Kier alpha value is -2.52. The normalized spacial score (nSPS) is 11.0. The van der Waals surface area contributed by atoms with E-state index in [0.717, 1.165) is 9.46 Å². The Kier molecular flexibility index (Phi) is 7.32. The zero-order valence-corrected chi connectivity index (χ0v) is 18.1. The van der Waals surface area contributed by atoms with Crippen molar-refractivity contribution < 1.29 is 14.3 Å². The Morgan fingerprint density at radius 2 is 1.93 bits per heavy atom. The van der Waals surface area contributed by atoms with Gasteiger partial charge in [0.15, 0.2) is 6.61 Å². The van der Waals surface area contributed by atoms with E-state index in [-0.39, 0.29) is 34.4 Å². The molecular weight excluding hydrogens is 418 g/mol. The molecule has 0 saturated heterocycles. The summed E-state index contributed by atoms with van der Waals surface area (Å²) < 4.78 is 7.03. The van der Waals surface area contributed by atoms with Crippen LogP contribution in [0.1, 0.15) is 34.6 Å². The number of ether oxygens (including phenoxy) is 1. The predicted molar refractivity (Wildman–Crippen MR) is 113 cm³/mol. The molecule has 2 aromatic rings. The predicted octanol–water partition coefficient (Wildman–Crippen LogP) is 2.20. The van der Waals surface area contributed by atoms with Gasteiger partial charge >= 0.3 is 11.7 Å². The highest BCUT2D eigenvalue weighted by Gasteiger charge is 2.23. The lowest BCUT2D eigenvalue weighted by Crippen LogP contribution is -2.43. The largest absolute Gasteiger partial charge is 0.454 e. The fraction of sp³-hybridized carbons (Fsp3) is 0.368. The van der Waals surface area contributed by atoms with Crippen molar-refractivity contribution in [3.63, 3.8) is 0 Å². The van der Waals surface area contributed by atoms with Crippen LogP contribution >= 0.6 is 23.4 Å². The van der Waals surface area contributed by atoms with Crippen LogP contribution in [0.4, 0.5) is 5.82 Å². The lowest BCUT2D eigenvalue weighted by atomic mass is 10.1. The number of benzene rings is 1. The Labute approximate surface area is 176 Å². The number of halogens is 1. The van der Waals surface area contributed by atoms with Crippen LogP contribution in [0.5, 0.6) is 0 Å². The number of hydrogen-bond donors (Lipinski definition) is 1. The molecule has 29 heavy (non-hydrogen) atoms. The van der Waals surface area contributed by atoms with Gasteiger partial charge in [0.25, 0.3) is 5.56 Å². The van der Waals surface area contributed by atoms with Gasteiger partial charge in [-0.3, -0.25) is 18.7 Å². The number of carbonyl (C=O) groups is 2. The van der Waals surface area contributed by atoms with Crippen LogP contribution in [0, 0.1) is 5.92 Å². The summed E-state index contributed by atoms with van der Waals surface area (Å²) in [6, 6.07) is 4.86. The first-order chi connectivity index (χ1) is 13.6. The highest BCUT2D eigenvalue weighted by molar-refractivity contribution is 7.98. The smallest absolute Gasteiger partial charge is 0.340 e. The lowest BCUT2D eigenvalue weighted by molar-refractivity contribution is 0.0474. The van der Waals surface area contributed by atoms with Gasteiger partial charge in [-0.15, -0.1) is 11.8 Å². The number of hydrogen-bond acceptors (Lipinski definition) is 7. The standard InChI is InChI=1S/C19H22ClN3O5S/c1-10(2)8-23-16(21)15(17(25)22(3)19(23)27)14(24)9-28-18(26)12-7-11(29-4)5-6-13(12)20/h5-7,10H,8-9,21H2,1-4H3. The van der Waals surface area contributed by atoms with Gasteiger partial charge in [-0.1, -0.05) is 25.4 Å². The van der Waals surface area contributed by atoms with Crippen LogP contribution in [0.2, 0.25) is 5.02 Å². The number of aromatic nitrogens is 2. The molecule has 2 N–H and O–H groups in total. The van der Waals surface area contributed by atoms with Crippen molar-refractivity contribution in [3.05, 3.63) is 55.2 Å². The molecule has 0 radical (unpaired) electrons. The molecule has 1 heterocycles. The fourth-order valence-corrected chi connectivity index (χ4v) is 3.29. The molecule has 0 aliphatic rings. The number of anilines is 1. The zero-order valence-electron chi connectivity index (χ0n) is 16.5. The quantitative estimate of drug-likeness (QED) is 0.399. The fourth-order valence-electron chi connectivity index (χ4n) is 2.66. The minimum atomic E-state index is -0.837. The Morgan fingerprint density at radius 3 is 2.52 bits per heavy atom. The highest BCUT2D eigenvalue weighted by Crippen LogP contribution is 2.23. The maximum atomic E-state index is 12.6. The molecule has 0 aliphatic carbocycles. The minimum absolute atomic E-state index is 0.0548. The van der Waals surface area contributed by atoms with E-state index in [1.807, 2.05) is 20.1 Å². The molecule has 156 valence electrons. The van der Waals surface area contributed by atoms with Crippen LogP contribution < -0.4 is 17.0 Å². The Balaban J connectivity index is 2.32. The second-order valence-electron chi connectivity index (χ2n) is 6.76. The molecule has 0 fully saturated rings. The molecule has 2 rings (SSSR count). The van der Waals surface area contributed by atoms with Crippen molar-refractivity contribution in [1.29, 1.82) is 0 Å². The van der Waals surface area contributed by atoms with E-state index >= 15 is 0 Å². The lowest BCUT2D eigenvalue weighted by Gasteiger charge is -2.16. The summed E-state index contributed by atoms with van der Waals surface area (Å²) >= 11 is 7.45. The zero-order chi connectivity index (χ0) is 21.9. The van der Waals surface area contributed by atoms with Gasteiger partial charge in [-0.25, -0.2) is 9.59 Å². The number of thioether (sulfide) groups is 1. The summed E-state index contributed by atoms with van der Waals surface area (Å²) in [7, 11) is 1.26. The number of carbonyl (C=O) groups excluding carboxylic acids is 2. The van der Waals surface area contributed by atoms with Gasteiger partial charge in [0, 0.05) is 18.5 Å². The summed E-state index contributed by atoms with van der Waals surface area (Å²) in [5.74, 6) is -1.79. The molecule has 0 spiro atoms. The van der Waals surface area contributed by atoms with Crippen LogP contribution in [0.15, 0.2) is 32.7 Å². The topological polar surface area (TPSA) is 113 Å². The van der Waals surface area contributed by atoms with E-state index in [1.54, 1.807) is 18.2 Å². The Morgan fingerprint density at radius 1 is 1.28 bits per heavy atom. The third kappa shape index (κ3) is 4.91. The number of esters is 1. The number of nitrogen functional groups attached to an aromatic ring is 1. The molecule has 0 unspecified atom stereocenters. The maximum absolute atomic E-state index is 12.6. The van der Waals surface area contributed by atoms with Gasteiger partial charge in [-0.05, 0) is 30.4 Å². The number of ketones is 1. The third-order valence-corrected chi connectivity index (χ3v) is 5.19. The molecule has 0 atom stereocenters. The second-order valence-corrected chi connectivity index (χ2v) is 8.04. The molecule has 0 bridgehead atoms. The molecule has 0 amide bonds. The second kappa shape index (κ2) is 9.32. The van der Waals surface area contributed by atoms with Gasteiger partial charge < -0.3 is 10.5 Å². The van der Waals surface area contributed by atoms with Crippen molar-refractivity contribution in [2.75, 3.05) is 18.6 Å². The summed E-state index contributed by atoms with van der Waals surface area (Å²) in [5, 5.41) is 0.182. The molecule has 10 heteroatoms. The molecule has 8 nitrogen and oxygen atoms in total. The van der Waals surface area contributed by atoms with Gasteiger partial charge in [0.2, 0.25) is 5.78 Å². The van der Waals surface area contributed by atoms with E-state index in [9.17, 15) is 19.2 Å². The first kappa shape index (κ1) is 22.8. The van der Waals surface area contributed by atoms with E-state index in [2.05, 4.69) is 0 Å². The number of Topliss-reactive ketones (excluding diaryl/α,β-unsaturated/α-hetero) is 1. The number of nitrogens with two attached hydrogens (primary N) is 1. The SMILES string of the molecule is CSc1ccc(Cl)c(C(=O)OCC(=O)c2c(N)n(CC(C)C)c(=O)n(C)c2=O)c1. The van der Waals surface area contributed by atoms with Crippen molar-refractivity contribution in [1.82, 2.24) is 9.13 Å². The number of nitrogens with zero attached hydrogens (tertiary/aromatic N) is 2. The van der Waals surface area contributed by atoms with E-state index in [1.165, 1.54) is 23.4 Å². The first-order valence-corrected chi connectivity index (χ1v) is 10.3. The van der Waals surface area contributed by atoms with Crippen LogP contribution in [-0.2, 0) is 18.3 Å². The molecule has 1 aromatic heterocycles. The average Bonchev–Trinajstić information content (AvgIpc) is 2.68. The number of rotatable bonds is 7. The first-order valence-electron chi connectivity index (χ1n) is 8.71. The van der Waals surface area contributed by atoms with E-state index in [4.69, 9.17) is 22.1 Å². The van der Waals surface area contributed by atoms with Crippen LogP contribution in [-0.4, -0.2) is 33.7 Å². The van der Waals surface area contributed by atoms with Crippen molar-refractivity contribution in [2.45, 2.75) is 25.3 Å². The Bertz CT molecular complexity index is 1070. The summed E-state index contributed by atoms with van der Waals surface area (Å²) in [4.78, 5) is 50.5. The van der Waals surface area contributed by atoms with Crippen LogP contribution in [0.3, 0.4) is 0 Å². The summed E-state index contributed by atoms with van der Waals surface area (Å²) in [6.07, 6.45) is 1.84. The van der Waals surface area contributed by atoms with E-state index < -0.39 is 29.6 Å². The van der Waals surface area contributed by atoms with Crippen molar-refractivity contribution >= 4 is 40.9 Å². The van der Waals surface area contributed by atoms with Gasteiger partial charge in [0.1, 0.15) is 11.4 Å². The van der Waals surface area contributed by atoms with Crippen molar-refractivity contribution in [2.24, 2.45) is 13.0 Å². The van der Waals surface area contributed by atoms with Crippen molar-refractivity contribution in [3.8, 4) is 0 Å². The molecule has 0 saturated carbocycles. The molecular formula is C19H22ClN3O5S. The average molecular weight is 440 g/mol. The molecule has 1 aromatic carbocycles. The molecule has 0 aliphatic heterocycles. The minimum Gasteiger partial charge on any atom is -0.454 e. The maximum Gasteiger partial charge on any atom is 0.340 e. The summed E-state index contributed by atoms with van der Waals surface area (Å²) in [6.45, 7) is 3.26. The highest BCUT2D eigenvalue weighted by atomic mass is 35.5. The van der Waals surface area contributed by atoms with Crippen LogP contribution in [0.25, 0.3) is 0 Å². The summed E-state index contributed by atoms with van der Waals surface area (Å²) in [5.41, 5.74) is 4.22.